The Morgan fingerprint density at radius 2 is 1.64 bits per heavy atom. The van der Waals surface area contributed by atoms with E-state index < -0.39 is 0 Å². The summed E-state index contributed by atoms with van der Waals surface area (Å²) >= 11 is 0. The van der Waals surface area contributed by atoms with E-state index in [1.54, 1.807) is 6.33 Å². The normalized spacial score (nSPS) is 20.5. The molecular formula is C32H38FN9. The lowest BCUT2D eigenvalue weighted by Crippen LogP contribution is -2.49. The second kappa shape index (κ2) is 10.7. The van der Waals surface area contributed by atoms with E-state index in [2.05, 4.69) is 50.0 Å². The molecule has 3 aromatic heterocycles. The van der Waals surface area contributed by atoms with Gasteiger partial charge < -0.3 is 25.1 Å². The topological polar surface area (TPSA) is 93.1 Å². The van der Waals surface area contributed by atoms with Crippen LogP contribution in [0.2, 0.25) is 0 Å². The van der Waals surface area contributed by atoms with Crippen molar-refractivity contribution in [2.75, 3.05) is 44.3 Å². The van der Waals surface area contributed by atoms with E-state index >= 15 is 0 Å². The predicted octanol–water partition coefficient (Wildman–Crippen LogP) is 5.49. The summed E-state index contributed by atoms with van der Waals surface area (Å²) in [5.41, 5.74) is 12.7. The van der Waals surface area contributed by atoms with Crippen molar-refractivity contribution in [3.63, 3.8) is 0 Å². The summed E-state index contributed by atoms with van der Waals surface area (Å²) in [6, 6.07) is 12.3. The Bertz CT molecular complexity index is 1740. The first-order valence-electron chi connectivity index (χ1n) is 14.9. The quantitative estimate of drug-likeness (QED) is 0.290. The number of nitrogens with zero attached hydrogens (tertiary/aromatic N) is 7. The number of hydrogen-bond acceptors (Lipinski definition) is 7. The largest absolute Gasteiger partial charge is 0.383 e. The number of halogens is 1. The molecule has 0 bridgehead atoms. The van der Waals surface area contributed by atoms with Gasteiger partial charge in [-0.05, 0) is 75.0 Å². The van der Waals surface area contributed by atoms with Crippen LogP contribution in [0.15, 0.2) is 48.9 Å². The summed E-state index contributed by atoms with van der Waals surface area (Å²) in [6.45, 7) is 6.54. The Morgan fingerprint density at radius 1 is 0.929 bits per heavy atom. The molecule has 0 spiro atoms. The van der Waals surface area contributed by atoms with E-state index in [0.29, 0.717) is 23.8 Å². The number of imidazole rings is 1. The van der Waals surface area contributed by atoms with Gasteiger partial charge in [-0.25, -0.2) is 19.3 Å². The third-order valence-electron chi connectivity index (χ3n) is 9.35. The van der Waals surface area contributed by atoms with Gasteiger partial charge in [-0.2, -0.15) is 0 Å². The van der Waals surface area contributed by atoms with Crippen molar-refractivity contribution in [1.29, 1.82) is 0 Å². The molecule has 0 unspecified atom stereocenters. The molecule has 0 atom stereocenters. The summed E-state index contributed by atoms with van der Waals surface area (Å²) in [4.78, 5) is 18.9. The molecule has 7 rings (SSSR count). The number of rotatable bonds is 5. The van der Waals surface area contributed by atoms with E-state index in [1.165, 1.54) is 38.1 Å². The molecular weight excluding hydrogens is 529 g/mol. The number of nitrogens with two attached hydrogens (primary N) is 1. The minimum Gasteiger partial charge on any atom is -0.383 e. The van der Waals surface area contributed by atoms with Crippen LogP contribution in [-0.2, 0) is 7.05 Å². The van der Waals surface area contributed by atoms with Crippen LogP contribution in [0.1, 0.15) is 37.3 Å². The summed E-state index contributed by atoms with van der Waals surface area (Å²) in [5.74, 6) is 0.904. The van der Waals surface area contributed by atoms with Gasteiger partial charge in [0.25, 0.3) is 0 Å². The number of aryl methyl sites for hydroxylation is 2. The molecule has 42 heavy (non-hydrogen) atoms. The van der Waals surface area contributed by atoms with Crippen molar-refractivity contribution in [1.82, 2.24) is 33.9 Å². The summed E-state index contributed by atoms with van der Waals surface area (Å²) in [6.07, 6.45) is 8.48. The Balaban J connectivity index is 1.13. The summed E-state index contributed by atoms with van der Waals surface area (Å²) < 4.78 is 18.2. The highest BCUT2D eigenvalue weighted by Crippen LogP contribution is 2.39. The van der Waals surface area contributed by atoms with E-state index in [9.17, 15) is 4.39 Å². The van der Waals surface area contributed by atoms with E-state index in [0.717, 1.165) is 70.4 Å². The SMILES string of the molecule is Cc1cc(F)cc2c1nc(Nc1ccc(-c3cn(C4CCC(N5CCN(C)CC5)CC4)c4ncnc(N)c34)cc1)n2C. The van der Waals surface area contributed by atoms with Gasteiger partial charge in [-0.3, -0.25) is 4.90 Å². The van der Waals surface area contributed by atoms with Crippen LogP contribution in [-0.4, -0.2) is 73.2 Å². The highest BCUT2D eigenvalue weighted by Gasteiger charge is 2.30. The third kappa shape index (κ3) is 4.78. The Hall–Kier alpha value is -4.02. The monoisotopic (exact) mass is 567 g/mol. The van der Waals surface area contributed by atoms with Gasteiger partial charge in [0.2, 0.25) is 5.95 Å². The van der Waals surface area contributed by atoms with Crippen molar-refractivity contribution in [3.8, 4) is 11.1 Å². The number of anilines is 3. The average molecular weight is 568 g/mol. The highest BCUT2D eigenvalue weighted by atomic mass is 19.1. The van der Waals surface area contributed by atoms with Crippen molar-refractivity contribution in [3.05, 3.63) is 60.3 Å². The van der Waals surface area contributed by atoms with Gasteiger partial charge in [0.15, 0.2) is 0 Å². The van der Waals surface area contributed by atoms with Crippen molar-refractivity contribution >= 4 is 39.5 Å². The smallest absolute Gasteiger partial charge is 0.208 e. The zero-order chi connectivity index (χ0) is 29.0. The zero-order valence-electron chi connectivity index (χ0n) is 24.5. The zero-order valence-corrected chi connectivity index (χ0v) is 24.5. The fourth-order valence-electron chi connectivity index (χ4n) is 6.88. The molecule has 2 aromatic carbocycles. The lowest BCUT2D eigenvalue weighted by atomic mass is 9.89. The van der Waals surface area contributed by atoms with Gasteiger partial charge in [0.1, 0.15) is 23.6 Å². The number of piperazine rings is 1. The van der Waals surface area contributed by atoms with Crippen LogP contribution < -0.4 is 11.1 Å². The first-order valence-corrected chi connectivity index (χ1v) is 14.9. The van der Waals surface area contributed by atoms with Crippen LogP contribution in [0, 0.1) is 12.7 Å². The molecule has 2 fully saturated rings. The van der Waals surface area contributed by atoms with Crippen molar-refractivity contribution in [2.24, 2.45) is 7.05 Å². The Kier molecular flexibility index (Phi) is 6.82. The molecule has 1 aliphatic carbocycles. The second-order valence-corrected chi connectivity index (χ2v) is 12.0. The molecule has 2 aliphatic rings. The number of fused-ring (bicyclic) bond motifs is 2. The van der Waals surface area contributed by atoms with Crippen molar-refractivity contribution < 1.29 is 4.39 Å². The number of likely N-dealkylation sites (N-methyl/N-ethyl adjacent to an activating group) is 1. The first-order chi connectivity index (χ1) is 20.4. The van der Waals surface area contributed by atoms with Crippen LogP contribution in [0.3, 0.4) is 0 Å². The third-order valence-corrected chi connectivity index (χ3v) is 9.35. The number of aromatic nitrogens is 5. The number of nitrogen functional groups attached to an aromatic ring is 1. The minimum absolute atomic E-state index is 0.260. The maximum atomic E-state index is 14.0. The molecule has 4 heterocycles. The summed E-state index contributed by atoms with van der Waals surface area (Å²) in [7, 11) is 4.11. The molecule has 0 radical (unpaired) electrons. The number of nitrogens with one attached hydrogen (secondary N) is 1. The fraction of sp³-hybridized carbons (Fsp3) is 0.406. The Morgan fingerprint density at radius 3 is 2.38 bits per heavy atom. The molecule has 5 aromatic rings. The highest BCUT2D eigenvalue weighted by molar-refractivity contribution is 6.00. The maximum Gasteiger partial charge on any atom is 0.208 e. The van der Waals surface area contributed by atoms with Crippen LogP contribution in [0.4, 0.5) is 21.8 Å². The molecule has 10 heteroatoms. The van der Waals surface area contributed by atoms with Gasteiger partial charge in [-0.15, -0.1) is 0 Å². The van der Waals surface area contributed by atoms with Gasteiger partial charge in [0, 0.05) is 62.8 Å². The second-order valence-electron chi connectivity index (χ2n) is 12.0. The van der Waals surface area contributed by atoms with Crippen LogP contribution in [0.5, 0.6) is 0 Å². The molecule has 1 aliphatic heterocycles. The predicted molar refractivity (Wildman–Crippen MR) is 166 cm³/mol. The van der Waals surface area contributed by atoms with Gasteiger partial charge in [0.05, 0.1) is 16.4 Å². The summed E-state index contributed by atoms with van der Waals surface area (Å²) in [5, 5.41) is 4.30. The van der Waals surface area contributed by atoms with Crippen LogP contribution >= 0.6 is 0 Å². The van der Waals surface area contributed by atoms with Crippen LogP contribution in [0.25, 0.3) is 33.2 Å². The Labute approximate surface area is 245 Å². The minimum atomic E-state index is -0.260. The molecule has 9 nitrogen and oxygen atoms in total. The number of benzene rings is 2. The molecule has 218 valence electrons. The molecule has 1 saturated carbocycles. The van der Waals surface area contributed by atoms with Gasteiger partial charge >= 0.3 is 0 Å². The van der Waals surface area contributed by atoms with E-state index in [4.69, 9.17) is 15.7 Å². The lowest BCUT2D eigenvalue weighted by Gasteiger charge is -2.41. The maximum absolute atomic E-state index is 14.0. The van der Waals surface area contributed by atoms with E-state index in [-0.39, 0.29) is 5.82 Å². The molecule has 3 N–H and O–H groups in total. The average Bonchev–Trinajstić information content (AvgIpc) is 3.53. The molecule has 1 saturated heterocycles. The molecule has 0 amide bonds. The van der Waals surface area contributed by atoms with Gasteiger partial charge in [-0.1, -0.05) is 12.1 Å². The first kappa shape index (κ1) is 26.9. The van der Waals surface area contributed by atoms with Crippen molar-refractivity contribution in [2.45, 2.75) is 44.7 Å². The lowest BCUT2D eigenvalue weighted by molar-refractivity contribution is 0.0828. The number of hydrogen-bond donors (Lipinski definition) is 2. The van der Waals surface area contributed by atoms with E-state index in [1.807, 2.05) is 30.7 Å². The fourth-order valence-corrected chi connectivity index (χ4v) is 6.88. The standard InChI is InChI=1S/C32H38FN9/c1-20-16-22(33)17-27-29(20)38-32(40(27)3)37-23-6-4-21(5-7-23)26-18-42(31-28(26)30(34)35-19-36-31)25-10-8-24(9-11-25)41-14-12-39(2)13-15-41/h4-7,16-19,24-25H,8-15H2,1-3H3,(H,37,38)(H2,34,35,36).